The van der Waals surface area contributed by atoms with Gasteiger partial charge in [-0.1, -0.05) is 6.42 Å². The molecule has 0 spiro atoms. The molecule has 0 aliphatic carbocycles. The van der Waals surface area contributed by atoms with Gasteiger partial charge in [-0.3, -0.25) is 4.90 Å². The van der Waals surface area contributed by atoms with E-state index in [-0.39, 0.29) is 37.2 Å². The lowest BCUT2D eigenvalue weighted by Gasteiger charge is -2.40. The van der Waals surface area contributed by atoms with Crippen molar-refractivity contribution in [2.24, 2.45) is 5.73 Å². The first-order valence-electron chi connectivity index (χ1n) is 7.40. The molecular weight excluding hydrogens is 317 g/mol. The molecule has 124 valence electrons. The van der Waals surface area contributed by atoms with Gasteiger partial charge < -0.3 is 10.6 Å². The van der Waals surface area contributed by atoms with Crippen LogP contribution in [0.4, 0.5) is 0 Å². The molecule has 3 nitrogen and oxygen atoms in total. The van der Waals surface area contributed by atoms with E-state index in [1.54, 1.807) is 0 Å². The lowest BCUT2D eigenvalue weighted by molar-refractivity contribution is 0.0823. The van der Waals surface area contributed by atoms with Crippen molar-refractivity contribution in [2.45, 2.75) is 64.1 Å². The Kier molecular flexibility index (Phi) is 13.0. The second-order valence-electron chi connectivity index (χ2n) is 6.05. The van der Waals surface area contributed by atoms with Crippen LogP contribution in [-0.4, -0.2) is 54.1 Å². The van der Waals surface area contributed by atoms with Crippen molar-refractivity contribution in [2.75, 3.05) is 26.2 Å². The number of nitrogens with two attached hydrogens (primary N) is 1. The van der Waals surface area contributed by atoms with Gasteiger partial charge in [0, 0.05) is 31.2 Å². The number of rotatable bonds is 3. The number of hydrogen-bond donors (Lipinski definition) is 1. The summed E-state index contributed by atoms with van der Waals surface area (Å²) in [4.78, 5) is 5.30. The van der Waals surface area contributed by atoms with E-state index in [4.69, 9.17) is 5.73 Å². The van der Waals surface area contributed by atoms with Crippen LogP contribution in [0.1, 0.15) is 46.0 Å². The summed E-state index contributed by atoms with van der Waals surface area (Å²) >= 11 is 0. The van der Waals surface area contributed by atoms with Crippen molar-refractivity contribution in [3.05, 3.63) is 0 Å². The van der Waals surface area contributed by atoms with E-state index in [2.05, 4.69) is 23.6 Å². The molecule has 2 atom stereocenters. The molecule has 6 heteroatoms. The Hall–Kier alpha value is 0.750. The Balaban J connectivity index is 0. The first kappa shape index (κ1) is 23.0. The normalized spacial score (nSPS) is 28.9. The van der Waals surface area contributed by atoms with E-state index in [9.17, 15) is 0 Å². The van der Waals surface area contributed by atoms with Crippen LogP contribution in [-0.2, 0) is 0 Å². The molecule has 0 amide bonds. The van der Waals surface area contributed by atoms with E-state index < -0.39 is 0 Å². The molecule has 0 unspecified atom stereocenters. The molecule has 0 saturated carbocycles. The monoisotopic (exact) mass is 347 g/mol. The zero-order valence-electron chi connectivity index (χ0n) is 12.8. The van der Waals surface area contributed by atoms with E-state index >= 15 is 0 Å². The Bertz CT molecular complexity index is 226. The maximum Gasteiger partial charge on any atom is 0.0115 e. The number of halogens is 3. The van der Waals surface area contributed by atoms with Gasteiger partial charge in [0.2, 0.25) is 0 Å². The van der Waals surface area contributed by atoms with E-state index in [1.807, 2.05) is 0 Å². The van der Waals surface area contributed by atoms with E-state index in [0.29, 0.717) is 6.04 Å². The second-order valence-corrected chi connectivity index (χ2v) is 6.05. The molecule has 0 aromatic rings. The summed E-state index contributed by atoms with van der Waals surface area (Å²) in [5.74, 6) is 0. The van der Waals surface area contributed by atoms with Crippen molar-refractivity contribution in [1.82, 2.24) is 9.80 Å². The van der Waals surface area contributed by atoms with Gasteiger partial charge in [0.25, 0.3) is 0 Å². The van der Waals surface area contributed by atoms with Gasteiger partial charge in [0.15, 0.2) is 0 Å². The standard InChI is InChI=1S/C14H29N3.3ClH/c1-12-4-3-5-13(2)17(12)11-10-16-8-6-14(15)7-9-16;;;/h12-14H,3-11,15H2,1-2H3;3*1H/t12-,13+;;;. The third-order valence-corrected chi connectivity index (χ3v) is 4.68. The van der Waals surface area contributed by atoms with E-state index in [1.165, 1.54) is 58.3 Å². The van der Waals surface area contributed by atoms with Gasteiger partial charge in [-0.05, 0) is 52.6 Å². The van der Waals surface area contributed by atoms with Gasteiger partial charge in [-0.2, -0.15) is 0 Å². The first-order valence-corrected chi connectivity index (χ1v) is 7.40. The zero-order valence-corrected chi connectivity index (χ0v) is 15.2. The van der Waals surface area contributed by atoms with Crippen LogP contribution in [0.2, 0.25) is 0 Å². The SMILES string of the molecule is C[C@@H]1CCC[C@H](C)N1CCN1CCC(N)CC1.Cl.Cl.Cl. The molecule has 20 heavy (non-hydrogen) atoms. The fourth-order valence-corrected chi connectivity index (χ4v) is 3.35. The second kappa shape index (κ2) is 11.3. The number of hydrogen-bond acceptors (Lipinski definition) is 3. The molecule has 0 aromatic carbocycles. The minimum absolute atomic E-state index is 0. The fraction of sp³-hybridized carbons (Fsp3) is 1.00. The number of nitrogens with zero attached hydrogens (tertiary/aromatic N) is 2. The molecule has 2 saturated heterocycles. The lowest BCUT2D eigenvalue weighted by Crippen LogP contribution is -2.49. The van der Waals surface area contributed by atoms with Gasteiger partial charge in [-0.15, -0.1) is 37.2 Å². The Morgan fingerprint density at radius 1 is 0.850 bits per heavy atom. The minimum atomic E-state index is 0. The van der Waals surface area contributed by atoms with Crippen molar-refractivity contribution < 1.29 is 0 Å². The van der Waals surface area contributed by atoms with Crippen molar-refractivity contribution in [1.29, 1.82) is 0 Å². The van der Waals surface area contributed by atoms with Crippen LogP contribution in [0.25, 0.3) is 0 Å². The summed E-state index contributed by atoms with van der Waals surface area (Å²) in [7, 11) is 0. The highest BCUT2D eigenvalue weighted by atomic mass is 35.5. The summed E-state index contributed by atoms with van der Waals surface area (Å²) in [5.41, 5.74) is 5.94. The van der Waals surface area contributed by atoms with Crippen LogP contribution in [0.5, 0.6) is 0 Å². The number of piperidine rings is 2. The highest BCUT2D eigenvalue weighted by Crippen LogP contribution is 2.22. The summed E-state index contributed by atoms with van der Waals surface area (Å²) in [6.45, 7) is 9.68. The minimum Gasteiger partial charge on any atom is -0.328 e. The predicted octanol–water partition coefficient (Wildman–Crippen LogP) is 2.94. The maximum absolute atomic E-state index is 5.94. The molecule has 2 aliphatic rings. The number of likely N-dealkylation sites (tertiary alicyclic amines) is 2. The molecule has 2 N–H and O–H groups in total. The smallest absolute Gasteiger partial charge is 0.0115 e. The highest BCUT2D eigenvalue weighted by molar-refractivity contribution is 5.86. The molecular formula is C14H32Cl3N3. The molecule has 0 bridgehead atoms. The first-order chi connectivity index (χ1) is 8.16. The van der Waals surface area contributed by atoms with Crippen molar-refractivity contribution in [3.63, 3.8) is 0 Å². The maximum atomic E-state index is 5.94. The lowest BCUT2D eigenvalue weighted by atomic mass is 9.97. The van der Waals surface area contributed by atoms with E-state index in [0.717, 1.165) is 12.1 Å². The average molecular weight is 349 g/mol. The average Bonchev–Trinajstić information content (AvgIpc) is 2.31. The van der Waals surface area contributed by atoms with Gasteiger partial charge in [0.1, 0.15) is 0 Å². The summed E-state index contributed by atoms with van der Waals surface area (Å²) in [6.07, 6.45) is 6.55. The van der Waals surface area contributed by atoms with Crippen LogP contribution >= 0.6 is 37.2 Å². The largest absolute Gasteiger partial charge is 0.328 e. The molecule has 2 rings (SSSR count). The van der Waals surface area contributed by atoms with Crippen molar-refractivity contribution >= 4 is 37.2 Å². The third kappa shape index (κ3) is 6.67. The van der Waals surface area contributed by atoms with Crippen LogP contribution in [0.15, 0.2) is 0 Å². The molecule has 2 heterocycles. The molecule has 2 aliphatic heterocycles. The fourth-order valence-electron chi connectivity index (χ4n) is 3.35. The van der Waals surface area contributed by atoms with Crippen molar-refractivity contribution in [3.8, 4) is 0 Å². The van der Waals surface area contributed by atoms with Gasteiger partial charge in [0.05, 0.1) is 0 Å². The zero-order chi connectivity index (χ0) is 12.3. The topological polar surface area (TPSA) is 32.5 Å². The molecule has 0 aromatic heterocycles. The third-order valence-electron chi connectivity index (χ3n) is 4.68. The van der Waals surface area contributed by atoms with Gasteiger partial charge >= 0.3 is 0 Å². The predicted molar refractivity (Wildman–Crippen MR) is 94.9 cm³/mol. The Labute approximate surface area is 143 Å². The molecule has 0 radical (unpaired) electrons. The quantitative estimate of drug-likeness (QED) is 0.851. The Morgan fingerprint density at radius 3 is 1.85 bits per heavy atom. The van der Waals surface area contributed by atoms with Crippen LogP contribution in [0, 0.1) is 0 Å². The highest BCUT2D eigenvalue weighted by Gasteiger charge is 2.25. The Morgan fingerprint density at radius 2 is 1.35 bits per heavy atom. The summed E-state index contributed by atoms with van der Waals surface area (Å²) < 4.78 is 0. The summed E-state index contributed by atoms with van der Waals surface area (Å²) in [5, 5.41) is 0. The molecule has 2 fully saturated rings. The summed E-state index contributed by atoms with van der Waals surface area (Å²) in [6, 6.07) is 2.02. The van der Waals surface area contributed by atoms with Crippen LogP contribution < -0.4 is 5.73 Å². The van der Waals surface area contributed by atoms with Gasteiger partial charge in [-0.25, -0.2) is 0 Å². The van der Waals surface area contributed by atoms with Crippen LogP contribution in [0.3, 0.4) is 0 Å².